The third-order valence-corrected chi connectivity index (χ3v) is 12.3. The van der Waals surface area contributed by atoms with Gasteiger partial charge in [0.1, 0.15) is 28.4 Å². The van der Waals surface area contributed by atoms with E-state index in [9.17, 15) is 0 Å². The summed E-state index contributed by atoms with van der Waals surface area (Å²) in [6.45, 7) is -0.308. The van der Waals surface area contributed by atoms with Crippen LogP contribution in [0.4, 0.5) is 0 Å². The number of aromatic nitrogens is 1. The van der Waals surface area contributed by atoms with Crippen molar-refractivity contribution >= 4 is 61.6 Å². The molecule has 4 nitrogen and oxygen atoms in total. The highest BCUT2D eigenvalue weighted by molar-refractivity contribution is 6.84. The normalized spacial score (nSPS) is 12.6. The molecule has 13 rings (SSSR count). The number of benzene rings is 9. The minimum absolute atomic E-state index is 0.308. The van der Waals surface area contributed by atoms with Crippen LogP contribution in [0.25, 0.3) is 93.9 Å². The summed E-state index contributed by atoms with van der Waals surface area (Å²) in [5, 5.41) is 4.72. The van der Waals surface area contributed by atoms with E-state index in [0.29, 0.717) is 0 Å². The molecule has 59 heavy (non-hydrogen) atoms. The molecule has 2 aliphatic heterocycles. The van der Waals surface area contributed by atoms with Crippen LogP contribution in [0, 0.1) is 0 Å². The van der Waals surface area contributed by atoms with Gasteiger partial charge in [-0.15, -0.1) is 0 Å². The topological polar surface area (TPSA) is 36.5 Å². The molecule has 2 aliphatic rings. The Morgan fingerprint density at radius 3 is 1.85 bits per heavy atom. The van der Waals surface area contributed by atoms with Gasteiger partial charge < -0.3 is 18.4 Å². The zero-order valence-electron chi connectivity index (χ0n) is 31.7. The van der Waals surface area contributed by atoms with Gasteiger partial charge in [0.25, 0.3) is 0 Å². The monoisotopic (exact) mass is 753 g/mol. The lowest BCUT2D eigenvalue weighted by molar-refractivity contribution is 0.480. The van der Waals surface area contributed by atoms with Crippen molar-refractivity contribution in [2.45, 2.75) is 0 Å². The van der Waals surface area contributed by atoms with E-state index in [2.05, 4.69) is 180 Å². The Morgan fingerprint density at radius 2 is 1.02 bits per heavy atom. The fourth-order valence-corrected chi connectivity index (χ4v) is 9.60. The van der Waals surface area contributed by atoms with Crippen molar-refractivity contribution in [3.63, 3.8) is 0 Å². The molecule has 0 bridgehead atoms. The zero-order valence-corrected chi connectivity index (χ0v) is 31.7. The maximum atomic E-state index is 7.02. The fourth-order valence-electron chi connectivity index (χ4n) is 9.60. The number of ether oxygens (including phenoxy) is 1. The van der Waals surface area contributed by atoms with Crippen molar-refractivity contribution in [2.24, 2.45) is 0 Å². The highest BCUT2D eigenvalue weighted by atomic mass is 16.5. The third-order valence-electron chi connectivity index (χ3n) is 12.3. The standard InChI is InChI=1S/C54H32BNO3/c1-2-15-39(38(14-1)35-25-27-50-44(29-35)42-18-5-9-22-49(42)57-50)36-30-45-43-19-6-10-23-51(43)59-55-46-26-24-34(31-52(46)58-53(32-36)54(45)55)33-12-11-13-37(28-33)56-47-20-7-3-16-40(47)41-17-4-8-21-48(41)56/h1-32H. The van der Waals surface area contributed by atoms with Crippen molar-refractivity contribution in [3.05, 3.63) is 194 Å². The van der Waals surface area contributed by atoms with Crippen LogP contribution in [0.1, 0.15) is 0 Å². The van der Waals surface area contributed by atoms with E-state index in [1.165, 1.54) is 21.8 Å². The van der Waals surface area contributed by atoms with Gasteiger partial charge in [-0.3, -0.25) is 0 Å². The lowest BCUT2D eigenvalue weighted by Gasteiger charge is -2.33. The zero-order chi connectivity index (χ0) is 38.6. The number of para-hydroxylation sites is 4. The first-order valence-electron chi connectivity index (χ1n) is 20.1. The van der Waals surface area contributed by atoms with Crippen molar-refractivity contribution in [3.8, 4) is 67.4 Å². The average molecular weight is 754 g/mol. The predicted octanol–water partition coefficient (Wildman–Crippen LogP) is 13.0. The molecule has 11 aromatic rings. The molecule has 2 aromatic heterocycles. The van der Waals surface area contributed by atoms with Crippen LogP contribution in [-0.2, 0) is 0 Å². The van der Waals surface area contributed by atoms with Gasteiger partial charge in [0, 0.05) is 43.7 Å². The summed E-state index contributed by atoms with van der Waals surface area (Å²) in [4.78, 5) is 0. The summed E-state index contributed by atoms with van der Waals surface area (Å²) < 4.78 is 22.5. The van der Waals surface area contributed by atoms with Crippen molar-refractivity contribution in [1.29, 1.82) is 0 Å². The van der Waals surface area contributed by atoms with Gasteiger partial charge >= 0.3 is 6.92 Å². The molecule has 0 radical (unpaired) electrons. The molecule has 0 amide bonds. The lowest BCUT2D eigenvalue weighted by Crippen LogP contribution is -2.53. The van der Waals surface area contributed by atoms with E-state index in [1.54, 1.807) is 0 Å². The first-order chi connectivity index (χ1) is 29.2. The van der Waals surface area contributed by atoms with Crippen molar-refractivity contribution in [2.75, 3.05) is 0 Å². The van der Waals surface area contributed by atoms with Gasteiger partial charge in [-0.2, -0.15) is 0 Å². The van der Waals surface area contributed by atoms with Crippen LogP contribution in [0.5, 0.6) is 17.2 Å². The highest BCUT2D eigenvalue weighted by Crippen LogP contribution is 2.44. The van der Waals surface area contributed by atoms with E-state index >= 15 is 0 Å². The second-order valence-electron chi connectivity index (χ2n) is 15.6. The van der Waals surface area contributed by atoms with Gasteiger partial charge in [-0.1, -0.05) is 127 Å². The van der Waals surface area contributed by atoms with Crippen LogP contribution in [0.2, 0.25) is 0 Å². The SMILES string of the molecule is c1cc(-c2ccc3c(c2)Oc2cc(-c4ccccc4-c4ccc5oc6ccccc6c5c4)cc4c2B3Oc2ccccc2-4)cc(-n2c3ccccc3c3ccccc32)c1. The van der Waals surface area contributed by atoms with E-state index in [4.69, 9.17) is 13.8 Å². The highest BCUT2D eigenvalue weighted by Gasteiger charge is 2.41. The largest absolute Gasteiger partial charge is 0.551 e. The van der Waals surface area contributed by atoms with E-state index in [0.717, 1.165) is 100 Å². The molecule has 0 spiro atoms. The summed E-state index contributed by atoms with van der Waals surface area (Å²) in [5.74, 6) is 2.48. The molecule has 0 saturated carbocycles. The molecule has 0 unspecified atom stereocenters. The van der Waals surface area contributed by atoms with Gasteiger partial charge in [-0.05, 0) is 106 Å². The summed E-state index contributed by atoms with van der Waals surface area (Å²) in [6.07, 6.45) is 0. The summed E-state index contributed by atoms with van der Waals surface area (Å²) >= 11 is 0. The molecule has 0 aliphatic carbocycles. The average Bonchev–Trinajstić information content (AvgIpc) is 3.84. The summed E-state index contributed by atoms with van der Waals surface area (Å²) in [7, 11) is 0. The Labute approximate surface area is 340 Å². The molecule has 0 N–H and O–H groups in total. The first kappa shape index (κ1) is 32.3. The summed E-state index contributed by atoms with van der Waals surface area (Å²) in [5.41, 5.74) is 16.2. The molecule has 4 heterocycles. The molecule has 0 atom stereocenters. The number of hydrogen-bond acceptors (Lipinski definition) is 3. The van der Waals surface area contributed by atoms with Crippen molar-refractivity contribution < 1.29 is 13.8 Å². The number of rotatable bonds is 4. The molecule has 0 fully saturated rings. The third kappa shape index (κ3) is 4.85. The molecule has 9 aromatic carbocycles. The van der Waals surface area contributed by atoms with Gasteiger partial charge in [0.05, 0.1) is 11.0 Å². The van der Waals surface area contributed by atoms with Gasteiger partial charge in [0.2, 0.25) is 0 Å². The molecule has 5 heteroatoms. The van der Waals surface area contributed by atoms with E-state index in [1.807, 2.05) is 18.2 Å². The molecule has 274 valence electrons. The summed E-state index contributed by atoms with van der Waals surface area (Å²) in [6, 6.07) is 68.9. The number of hydrogen-bond donors (Lipinski definition) is 0. The maximum absolute atomic E-state index is 7.02. The smallest absolute Gasteiger partial charge is 0.434 e. The van der Waals surface area contributed by atoms with E-state index < -0.39 is 0 Å². The maximum Gasteiger partial charge on any atom is 0.434 e. The molecule has 0 saturated heterocycles. The lowest BCUT2D eigenvalue weighted by atomic mass is 9.50. The van der Waals surface area contributed by atoms with Gasteiger partial charge in [-0.25, -0.2) is 0 Å². The Morgan fingerprint density at radius 1 is 0.373 bits per heavy atom. The van der Waals surface area contributed by atoms with Crippen LogP contribution >= 0.6 is 0 Å². The minimum atomic E-state index is -0.308. The number of nitrogens with zero attached hydrogens (tertiary/aromatic N) is 1. The Bertz CT molecular complexity index is 3490. The molecular formula is C54H32BNO3. The Hall–Kier alpha value is -7.76. The van der Waals surface area contributed by atoms with Crippen LogP contribution < -0.4 is 20.3 Å². The Balaban J connectivity index is 0.943. The van der Waals surface area contributed by atoms with Crippen molar-refractivity contribution in [1.82, 2.24) is 4.57 Å². The number of fused-ring (bicyclic) bond motifs is 10. The van der Waals surface area contributed by atoms with Gasteiger partial charge in [0.15, 0.2) is 0 Å². The fraction of sp³-hybridized carbons (Fsp3) is 0. The second-order valence-corrected chi connectivity index (χ2v) is 15.6. The van der Waals surface area contributed by atoms with Crippen LogP contribution in [-0.4, -0.2) is 11.5 Å². The Kier molecular flexibility index (Phi) is 6.78. The first-order valence-corrected chi connectivity index (χ1v) is 20.1. The predicted molar refractivity (Wildman–Crippen MR) is 242 cm³/mol. The second kappa shape index (κ2) is 12.4. The number of furan rings is 1. The van der Waals surface area contributed by atoms with Crippen LogP contribution in [0.3, 0.4) is 0 Å². The van der Waals surface area contributed by atoms with Crippen LogP contribution in [0.15, 0.2) is 199 Å². The quantitative estimate of drug-likeness (QED) is 0.168. The minimum Gasteiger partial charge on any atom is -0.551 e. The van der Waals surface area contributed by atoms with E-state index in [-0.39, 0.29) is 6.92 Å². The molecular weight excluding hydrogens is 721 g/mol.